The van der Waals surface area contributed by atoms with E-state index in [0.717, 1.165) is 6.08 Å². The first-order chi connectivity index (χ1) is 16.3. The summed E-state index contributed by atoms with van der Waals surface area (Å²) in [5.41, 5.74) is -1.77. The average Bonchev–Trinajstić information content (AvgIpc) is 3.04. The lowest BCUT2D eigenvalue weighted by atomic mass is 9.70. The van der Waals surface area contributed by atoms with E-state index in [1.54, 1.807) is 6.92 Å². The van der Waals surface area contributed by atoms with Crippen molar-refractivity contribution in [3.63, 3.8) is 0 Å². The molecule has 9 heteroatoms. The molecule has 35 heavy (non-hydrogen) atoms. The van der Waals surface area contributed by atoms with Crippen LogP contribution in [0.3, 0.4) is 0 Å². The van der Waals surface area contributed by atoms with Crippen molar-refractivity contribution < 1.29 is 38.9 Å². The van der Waals surface area contributed by atoms with Gasteiger partial charge in [-0.1, -0.05) is 13.8 Å². The summed E-state index contributed by atoms with van der Waals surface area (Å²) in [5, 5.41) is 24.3. The second-order valence-corrected chi connectivity index (χ2v) is 9.47. The number of Topliss-reactive ketones (excluding diaryl/α,β-unsaturated/α-hetero) is 2. The SMILES string of the molecule is CCOC(=O)[C@H](CC(C)C)N/C(C)=C1\C(=O)C=C2Oc3c(C(C)=O)c(O)c(C)c(O)c3[C@@]2(C)C1=O. The number of benzene rings is 1. The maximum absolute atomic E-state index is 13.9. The summed E-state index contributed by atoms with van der Waals surface area (Å²) in [6, 6.07) is -0.773. The number of esters is 1. The van der Waals surface area contributed by atoms with Crippen molar-refractivity contribution in [2.45, 2.75) is 66.3 Å². The van der Waals surface area contributed by atoms with Gasteiger partial charge in [0.15, 0.2) is 17.3 Å². The predicted octanol–water partition coefficient (Wildman–Crippen LogP) is 3.14. The van der Waals surface area contributed by atoms with Crippen LogP contribution in [0.2, 0.25) is 0 Å². The first kappa shape index (κ1) is 26.0. The fourth-order valence-electron chi connectivity index (χ4n) is 4.62. The number of nitrogens with one attached hydrogen (secondary N) is 1. The Morgan fingerprint density at radius 3 is 2.34 bits per heavy atom. The minimum absolute atomic E-state index is 0.0103. The second kappa shape index (κ2) is 9.20. The van der Waals surface area contributed by atoms with Gasteiger partial charge < -0.3 is 25.0 Å². The number of aromatic hydroxyl groups is 2. The summed E-state index contributed by atoms with van der Waals surface area (Å²) >= 11 is 0. The number of allylic oxidation sites excluding steroid dienone is 4. The van der Waals surface area contributed by atoms with Gasteiger partial charge in [0.25, 0.3) is 0 Å². The first-order valence-electron chi connectivity index (χ1n) is 11.5. The fourth-order valence-corrected chi connectivity index (χ4v) is 4.62. The van der Waals surface area contributed by atoms with E-state index < -0.39 is 46.3 Å². The molecule has 9 nitrogen and oxygen atoms in total. The molecule has 1 aromatic rings. The third kappa shape index (κ3) is 4.09. The molecule has 0 fully saturated rings. The van der Waals surface area contributed by atoms with Crippen molar-refractivity contribution in [3.8, 4) is 17.2 Å². The van der Waals surface area contributed by atoms with Crippen LogP contribution in [0, 0.1) is 12.8 Å². The van der Waals surface area contributed by atoms with E-state index >= 15 is 0 Å². The number of phenolic OH excluding ortho intramolecular Hbond substituents is 2. The Bertz CT molecular complexity index is 1210. The summed E-state index contributed by atoms with van der Waals surface area (Å²) in [4.78, 5) is 51.7. The zero-order valence-corrected chi connectivity index (χ0v) is 21.0. The smallest absolute Gasteiger partial charge is 0.328 e. The molecule has 2 aliphatic rings. The van der Waals surface area contributed by atoms with E-state index in [9.17, 15) is 29.4 Å². The average molecular weight is 486 g/mol. The lowest BCUT2D eigenvalue weighted by Gasteiger charge is -2.30. The van der Waals surface area contributed by atoms with Gasteiger partial charge in [-0.05, 0) is 47.0 Å². The van der Waals surface area contributed by atoms with E-state index in [-0.39, 0.29) is 52.0 Å². The van der Waals surface area contributed by atoms with E-state index in [1.807, 2.05) is 13.8 Å². The van der Waals surface area contributed by atoms with Crippen molar-refractivity contribution in [1.29, 1.82) is 0 Å². The quantitative estimate of drug-likeness (QED) is 0.230. The normalized spacial score (nSPS) is 21.1. The Morgan fingerprint density at radius 2 is 1.80 bits per heavy atom. The third-order valence-corrected chi connectivity index (χ3v) is 6.43. The molecule has 0 aromatic heterocycles. The van der Waals surface area contributed by atoms with Gasteiger partial charge in [-0.15, -0.1) is 0 Å². The van der Waals surface area contributed by atoms with Crippen molar-refractivity contribution >= 4 is 23.3 Å². The predicted molar refractivity (Wildman–Crippen MR) is 126 cm³/mol. The molecule has 0 spiro atoms. The monoisotopic (exact) mass is 485 g/mol. The van der Waals surface area contributed by atoms with E-state index in [2.05, 4.69) is 5.32 Å². The molecule has 0 saturated heterocycles. The van der Waals surface area contributed by atoms with Crippen LogP contribution in [0.15, 0.2) is 23.1 Å². The van der Waals surface area contributed by atoms with Crippen LogP contribution in [0.1, 0.15) is 69.4 Å². The molecule has 1 aliphatic heterocycles. The number of hydrogen-bond acceptors (Lipinski definition) is 9. The minimum atomic E-state index is -1.62. The topological polar surface area (TPSA) is 139 Å². The molecule has 188 valence electrons. The standard InChI is InChI=1S/C26H31NO8/c1-8-34-25(33)15(9-11(2)3)27-13(5)18-16(29)10-17-26(7,24(18)32)20-22(31)12(4)21(30)19(14(6)28)23(20)35-17/h10-11,15,27,30-31H,8-9H2,1-7H3/b18-13+/t15-,26-/m0/s1. The van der Waals surface area contributed by atoms with Gasteiger partial charge in [-0.3, -0.25) is 14.4 Å². The molecule has 3 rings (SSSR count). The summed E-state index contributed by atoms with van der Waals surface area (Å²) in [5.74, 6) is -3.24. The molecular weight excluding hydrogens is 454 g/mol. The molecule has 1 aliphatic carbocycles. The summed E-state index contributed by atoms with van der Waals surface area (Å²) in [6.45, 7) is 11.4. The number of fused-ring (bicyclic) bond motifs is 3. The maximum Gasteiger partial charge on any atom is 0.328 e. The molecule has 0 saturated carbocycles. The van der Waals surface area contributed by atoms with Crippen LogP contribution in [0.25, 0.3) is 0 Å². The lowest BCUT2D eigenvalue weighted by molar-refractivity contribution is -0.146. The molecular formula is C26H31NO8. The maximum atomic E-state index is 13.9. The van der Waals surface area contributed by atoms with Crippen LogP contribution < -0.4 is 10.1 Å². The fraction of sp³-hybridized carbons (Fsp3) is 0.462. The van der Waals surface area contributed by atoms with Crippen LogP contribution >= 0.6 is 0 Å². The minimum Gasteiger partial charge on any atom is -0.507 e. The first-order valence-corrected chi connectivity index (χ1v) is 11.5. The molecule has 0 amide bonds. The van der Waals surface area contributed by atoms with Crippen LogP contribution in [-0.2, 0) is 24.5 Å². The Balaban J connectivity index is 2.17. The number of phenols is 2. The highest BCUT2D eigenvalue weighted by Crippen LogP contribution is 2.57. The van der Waals surface area contributed by atoms with Crippen LogP contribution in [0.4, 0.5) is 0 Å². The lowest BCUT2D eigenvalue weighted by Crippen LogP contribution is -2.44. The Morgan fingerprint density at radius 1 is 1.17 bits per heavy atom. The van der Waals surface area contributed by atoms with Crippen molar-refractivity contribution in [2.75, 3.05) is 6.61 Å². The number of rotatable bonds is 7. The number of hydrogen-bond donors (Lipinski definition) is 3. The van der Waals surface area contributed by atoms with Crippen molar-refractivity contribution in [2.24, 2.45) is 5.92 Å². The Labute approximate surface area is 203 Å². The molecule has 1 heterocycles. The zero-order chi connectivity index (χ0) is 26.4. The highest BCUT2D eigenvalue weighted by molar-refractivity contribution is 6.31. The molecule has 1 aromatic carbocycles. The van der Waals surface area contributed by atoms with E-state index in [4.69, 9.17) is 9.47 Å². The van der Waals surface area contributed by atoms with Gasteiger partial charge >= 0.3 is 5.97 Å². The van der Waals surface area contributed by atoms with Crippen molar-refractivity contribution in [1.82, 2.24) is 5.32 Å². The van der Waals surface area contributed by atoms with Gasteiger partial charge in [0.1, 0.15) is 40.0 Å². The van der Waals surface area contributed by atoms with Gasteiger partial charge in [0.2, 0.25) is 0 Å². The molecule has 3 N–H and O–H groups in total. The molecule has 2 atom stereocenters. The zero-order valence-electron chi connectivity index (χ0n) is 21.0. The number of ether oxygens (including phenoxy) is 2. The van der Waals surface area contributed by atoms with Gasteiger partial charge in [0, 0.05) is 17.3 Å². The Kier molecular flexibility index (Phi) is 6.83. The molecule has 0 radical (unpaired) electrons. The number of ketones is 3. The molecule has 0 unspecified atom stereocenters. The van der Waals surface area contributed by atoms with Crippen LogP contribution in [0.5, 0.6) is 17.2 Å². The van der Waals surface area contributed by atoms with Crippen LogP contribution in [-0.4, -0.2) is 46.2 Å². The summed E-state index contributed by atoms with van der Waals surface area (Å²) < 4.78 is 10.9. The highest BCUT2D eigenvalue weighted by atomic mass is 16.5. The largest absolute Gasteiger partial charge is 0.507 e. The van der Waals surface area contributed by atoms with Crippen molar-refractivity contribution in [3.05, 3.63) is 39.8 Å². The van der Waals surface area contributed by atoms with Gasteiger partial charge in [-0.25, -0.2) is 4.79 Å². The summed E-state index contributed by atoms with van der Waals surface area (Å²) in [7, 11) is 0. The second-order valence-electron chi connectivity index (χ2n) is 9.47. The highest BCUT2D eigenvalue weighted by Gasteiger charge is 2.56. The molecule has 0 bridgehead atoms. The third-order valence-electron chi connectivity index (χ3n) is 6.43. The number of carbonyl (C=O) groups is 4. The number of carbonyl (C=O) groups excluding carboxylic acids is 4. The van der Waals surface area contributed by atoms with Gasteiger partial charge in [0.05, 0.1) is 17.7 Å². The Hall–Kier alpha value is -3.62. The summed E-state index contributed by atoms with van der Waals surface area (Å²) in [6.07, 6.45) is 1.55. The van der Waals surface area contributed by atoms with E-state index in [1.165, 1.54) is 27.7 Å². The van der Waals surface area contributed by atoms with Gasteiger partial charge in [-0.2, -0.15) is 0 Å². The van der Waals surface area contributed by atoms with E-state index in [0.29, 0.717) is 6.42 Å².